The Labute approximate surface area is 153 Å². The molecule has 2 aromatic rings. The molecule has 4 rings (SSSR count). The Morgan fingerprint density at radius 3 is 2.96 bits per heavy atom. The van der Waals surface area contributed by atoms with Gasteiger partial charge in [0.05, 0.1) is 23.9 Å². The maximum Gasteiger partial charge on any atom is 0.287 e. The van der Waals surface area contributed by atoms with Gasteiger partial charge in [0.25, 0.3) is 5.91 Å². The van der Waals surface area contributed by atoms with Crippen LogP contribution in [-0.4, -0.2) is 51.7 Å². The lowest BCUT2D eigenvalue weighted by Gasteiger charge is -2.46. The molecule has 7 nitrogen and oxygen atoms in total. The van der Waals surface area contributed by atoms with E-state index in [0.29, 0.717) is 12.4 Å². The van der Waals surface area contributed by atoms with E-state index in [-0.39, 0.29) is 17.6 Å². The third kappa shape index (κ3) is 3.68. The smallest absolute Gasteiger partial charge is 0.287 e. The molecular formula is C19H26N4O3. The number of carbonyl (C=O) groups excluding carboxylic acids is 1. The first-order valence-electron chi connectivity index (χ1n) is 9.29. The first kappa shape index (κ1) is 17.3. The van der Waals surface area contributed by atoms with Crippen molar-refractivity contribution >= 4 is 5.91 Å². The molecule has 0 radical (unpaired) electrons. The number of rotatable bonds is 4. The molecule has 1 spiro atoms. The van der Waals surface area contributed by atoms with E-state index in [1.165, 1.54) is 12.0 Å². The van der Waals surface area contributed by atoms with E-state index < -0.39 is 0 Å². The maximum atomic E-state index is 12.2. The molecule has 7 heteroatoms. The summed E-state index contributed by atoms with van der Waals surface area (Å²) in [6.07, 6.45) is 9.03. The predicted molar refractivity (Wildman–Crippen MR) is 95.6 cm³/mol. The molecule has 2 aliphatic rings. The number of hydrogen-bond donors (Lipinski definition) is 1. The highest BCUT2D eigenvalue weighted by Gasteiger charge is 2.40. The molecule has 0 aromatic carbocycles. The SMILES string of the molecule is Cn1cncc1CN1CCC2(CC1)C[C@@H](NC(=O)c1ccco1)CCO2. The lowest BCUT2D eigenvalue weighted by molar-refractivity contribution is -0.119. The third-order valence-corrected chi connectivity index (χ3v) is 5.64. The van der Waals surface area contributed by atoms with Gasteiger partial charge in [0.2, 0.25) is 0 Å². The number of ether oxygens (including phenoxy) is 1. The van der Waals surface area contributed by atoms with Gasteiger partial charge in [0, 0.05) is 45.5 Å². The van der Waals surface area contributed by atoms with Gasteiger partial charge in [0.1, 0.15) is 0 Å². The normalized spacial score (nSPS) is 23.2. The number of hydrogen-bond acceptors (Lipinski definition) is 5. The molecule has 0 aliphatic carbocycles. The number of nitrogens with zero attached hydrogens (tertiary/aromatic N) is 3. The number of imidazole rings is 1. The number of aromatic nitrogens is 2. The first-order chi connectivity index (χ1) is 12.6. The summed E-state index contributed by atoms with van der Waals surface area (Å²) in [5, 5.41) is 3.11. The van der Waals surface area contributed by atoms with Gasteiger partial charge in [-0.1, -0.05) is 0 Å². The molecule has 1 amide bonds. The van der Waals surface area contributed by atoms with Crippen LogP contribution in [0.5, 0.6) is 0 Å². The topological polar surface area (TPSA) is 72.5 Å². The fourth-order valence-corrected chi connectivity index (χ4v) is 4.05. The largest absolute Gasteiger partial charge is 0.459 e. The summed E-state index contributed by atoms with van der Waals surface area (Å²) >= 11 is 0. The van der Waals surface area contributed by atoms with Crippen LogP contribution in [0.2, 0.25) is 0 Å². The van der Waals surface area contributed by atoms with Gasteiger partial charge < -0.3 is 19.0 Å². The van der Waals surface area contributed by atoms with Crippen molar-refractivity contribution in [2.24, 2.45) is 7.05 Å². The molecule has 2 fully saturated rings. The highest BCUT2D eigenvalue weighted by Crippen LogP contribution is 2.35. The lowest BCUT2D eigenvalue weighted by Crippen LogP contribution is -2.53. The fourth-order valence-electron chi connectivity index (χ4n) is 4.05. The van der Waals surface area contributed by atoms with Crippen molar-refractivity contribution in [3.8, 4) is 0 Å². The second kappa shape index (κ2) is 7.25. The van der Waals surface area contributed by atoms with E-state index in [9.17, 15) is 4.79 Å². The molecule has 1 N–H and O–H groups in total. The zero-order valence-corrected chi connectivity index (χ0v) is 15.2. The minimum Gasteiger partial charge on any atom is -0.459 e. The number of aryl methyl sites for hydroxylation is 1. The van der Waals surface area contributed by atoms with Crippen molar-refractivity contribution in [3.63, 3.8) is 0 Å². The first-order valence-corrected chi connectivity index (χ1v) is 9.29. The molecule has 26 heavy (non-hydrogen) atoms. The quantitative estimate of drug-likeness (QED) is 0.904. The molecule has 140 valence electrons. The zero-order valence-electron chi connectivity index (χ0n) is 15.2. The van der Waals surface area contributed by atoms with Gasteiger partial charge in [-0.25, -0.2) is 4.98 Å². The Hall–Kier alpha value is -2.12. The van der Waals surface area contributed by atoms with Crippen LogP contribution >= 0.6 is 0 Å². The second-order valence-corrected chi connectivity index (χ2v) is 7.44. The van der Waals surface area contributed by atoms with Crippen LogP contribution in [0, 0.1) is 0 Å². The van der Waals surface area contributed by atoms with Gasteiger partial charge in [-0.15, -0.1) is 0 Å². The van der Waals surface area contributed by atoms with Crippen LogP contribution in [0.4, 0.5) is 0 Å². The van der Waals surface area contributed by atoms with Crippen molar-refractivity contribution in [1.82, 2.24) is 19.8 Å². The number of amides is 1. The second-order valence-electron chi connectivity index (χ2n) is 7.44. The summed E-state index contributed by atoms with van der Waals surface area (Å²) in [4.78, 5) is 18.9. The number of likely N-dealkylation sites (tertiary alicyclic amines) is 1. The summed E-state index contributed by atoms with van der Waals surface area (Å²) in [6, 6.07) is 3.57. The number of nitrogens with one attached hydrogen (secondary N) is 1. The minimum atomic E-state index is -0.134. The Kier molecular flexibility index (Phi) is 4.82. The molecule has 1 atom stereocenters. The Morgan fingerprint density at radius 2 is 2.27 bits per heavy atom. The van der Waals surface area contributed by atoms with E-state index >= 15 is 0 Å². The van der Waals surface area contributed by atoms with E-state index in [0.717, 1.165) is 45.3 Å². The molecule has 0 unspecified atom stereocenters. The van der Waals surface area contributed by atoms with Crippen molar-refractivity contribution in [3.05, 3.63) is 42.4 Å². The average molecular weight is 358 g/mol. The summed E-state index contributed by atoms with van der Waals surface area (Å²) in [7, 11) is 2.03. The van der Waals surface area contributed by atoms with Gasteiger partial charge >= 0.3 is 0 Å². The van der Waals surface area contributed by atoms with E-state index in [2.05, 4.69) is 19.8 Å². The van der Waals surface area contributed by atoms with Crippen molar-refractivity contribution < 1.29 is 13.9 Å². The number of carbonyl (C=O) groups is 1. The average Bonchev–Trinajstić information content (AvgIpc) is 3.30. The summed E-state index contributed by atoms with van der Waals surface area (Å²) < 4.78 is 13.5. The van der Waals surface area contributed by atoms with Crippen LogP contribution in [0.3, 0.4) is 0 Å². The van der Waals surface area contributed by atoms with Crippen LogP contribution in [-0.2, 0) is 18.3 Å². The van der Waals surface area contributed by atoms with Gasteiger partial charge in [0.15, 0.2) is 5.76 Å². The van der Waals surface area contributed by atoms with E-state index in [1.54, 1.807) is 12.1 Å². The lowest BCUT2D eigenvalue weighted by atomic mass is 9.82. The fraction of sp³-hybridized carbons (Fsp3) is 0.579. The van der Waals surface area contributed by atoms with Crippen molar-refractivity contribution in [2.75, 3.05) is 19.7 Å². The standard InChI is InChI=1S/C19H26N4O3/c1-22-14-20-12-16(22)13-23-7-5-19(6-8-23)11-15(4-10-26-19)21-18(24)17-3-2-9-25-17/h2-3,9,12,14-15H,4-8,10-11,13H2,1H3,(H,21,24)/t15-/m0/s1. The van der Waals surface area contributed by atoms with Crippen molar-refractivity contribution in [1.29, 1.82) is 0 Å². The molecule has 2 saturated heterocycles. The van der Waals surface area contributed by atoms with E-state index in [4.69, 9.17) is 9.15 Å². The predicted octanol–water partition coefficient (Wildman–Crippen LogP) is 1.96. The summed E-state index contributed by atoms with van der Waals surface area (Å²) in [5.74, 6) is 0.238. The Bertz CT molecular complexity index is 732. The molecule has 2 aliphatic heterocycles. The molecular weight excluding hydrogens is 332 g/mol. The molecule has 0 saturated carbocycles. The van der Waals surface area contributed by atoms with Gasteiger partial charge in [-0.05, 0) is 37.8 Å². The van der Waals surface area contributed by atoms with Gasteiger partial charge in [-0.3, -0.25) is 9.69 Å². The third-order valence-electron chi connectivity index (χ3n) is 5.64. The number of furan rings is 1. The van der Waals surface area contributed by atoms with Crippen LogP contribution in [0.25, 0.3) is 0 Å². The van der Waals surface area contributed by atoms with E-state index in [1.807, 2.05) is 19.6 Å². The van der Waals surface area contributed by atoms with Crippen LogP contribution < -0.4 is 5.32 Å². The highest BCUT2D eigenvalue weighted by atomic mass is 16.5. The molecule has 4 heterocycles. The zero-order chi connectivity index (χ0) is 18.0. The minimum absolute atomic E-state index is 0.109. The summed E-state index contributed by atoms with van der Waals surface area (Å²) in [5.41, 5.74) is 1.12. The Morgan fingerprint density at radius 1 is 1.42 bits per heavy atom. The van der Waals surface area contributed by atoms with Crippen LogP contribution in [0.1, 0.15) is 41.9 Å². The maximum absolute atomic E-state index is 12.2. The monoisotopic (exact) mass is 358 g/mol. The Balaban J connectivity index is 1.31. The molecule has 0 bridgehead atoms. The number of piperidine rings is 1. The van der Waals surface area contributed by atoms with Gasteiger partial charge in [-0.2, -0.15) is 0 Å². The molecule has 2 aromatic heterocycles. The van der Waals surface area contributed by atoms with Crippen LogP contribution in [0.15, 0.2) is 35.3 Å². The van der Waals surface area contributed by atoms with Crippen molar-refractivity contribution in [2.45, 2.75) is 43.9 Å². The summed E-state index contributed by atoms with van der Waals surface area (Å²) in [6.45, 7) is 3.63. The highest BCUT2D eigenvalue weighted by molar-refractivity contribution is 5.91.